The van der Waals surface area contributed by atoms with Gasteiger partial charge in [-0.15, -0.1) is 13.2 Å². The Balaban J connectivity index is 0.00000169. The van der Waals surface area contributed by atoms with Gasteiger partial charge in [0.1, 0.15) is 0 Å². The summed E-state index contributed by atoms with van der Waals surface area (Å²) in [5, 5.41) is 0. The SMILES string of the molecule is C=CCN(CC=C)c1cc[c]cc1.[LiH]. The maximum atomic E-state index is 3.72. The maximum absolute atomic E-state index is 3.72. The van der Waals surface area contributed by atoms with Gasteiger partial charge >= 0.3 is 18.9 Å². The van der Waals surface area contributed by atoms with Crippen LogP contribution in [0.25, 0.3) is 0 Å². The molecule has 0 aliphatic heterocycles. The summed E-state index contributed by atoms with van der Waals surface area (Å²) in [4.78, 5) is 2.19. The topological polar surface area (TPSA) is 3.24 Å². The second-order valence-corrected chi connectivity index (χ2v) is 2.74. The number of anilines is 1. The molecule has 1 radical (unpaired) electrons. The van der Waals surface area contributed by atoms with Crippen LogP contribution in [0.3, 0.4) is 0 Å². The third kappa shape index (κ3) is 3.87. The van der Waals surface area contributed by atoms with Gasteiger partial charge in [0.25, 0.3) is 0 Å². The zero-order valence-electron chi connectivity index (χ0n) is 7.74. The fraction of sp³-hybridized carbons (Fsp3) is 0.167. The van der Waals surface area contributed by atoms with E-state index in [1.54, 1.807) is 0 Å². The van der Waals surface area contributed by atoms with Gasteiger partial charge in [0, 0.05) is 18.8 Å². The average Bonchev–Trinajstić information content (AvgIpc) is 2.19. The van der Waals surface area contributed by atoms with Gasteiger partial charge in [0.15, 0.2) is 0 Å². The molecule has 0 fully saturated rings. The van der Waals surface area contributed by atoms with Crippen LogP contribution in [0.2, 0.25) is 0 Å². The molecule has 69 valence electrons. The van der Waals surface area contributed by atoms with Crippen molar-refractivity contribution in [2.24, 2.45) is 0 Å². The van der Waals surface area contributed by atoms with Gasteiger partial charge in [-0.3, -0.25) is 0 Å². The third-order valence-corrected chi connectivity index (χ3v) is 1.76. The molecule has 0 amide bonds. The van der Waals surface area contributed by atoms with E-state index in [0.717, 1.165) is 13.1 Å². The molecule has 0 saturated heterocycles. The van der Waals surface area contributed by atoms with Crippen LogP contribution >= 0.6 is 0 Å². The second kappa shape index (κ2) is 7.50. The number of hydrogen-bond acceptors (Lipinski definition) is 1. The Bertz CT molecular complexity index is 259. The van der Waals surface area contributed by atoms with E-state index in [1.807, 2.05) is 36.4 Å². The second-order valence-electron chi connectivity index (χ2n) is 2.74. The van der Waals surface area contributed by atoms with Crippen molar-refractivity contribution in [1.82, 2.24) is 0 Å². The summed E-state index contributed by atoms with van der Waals surface area (Å²) < 4.78 is 0. The normalized spacial score (nSPS) is 8.57. The van der Waals surface area contributed by atoms with E-state index in [0.29, 0.717) is 0 Å². The quantitative estimate of drug-likeness (QED) is 0.495. The summed E-state index contributed by atoms with van der Waals surface area (Å²) in [5.74, 6) is 0. The molecule has 0 N–H and O–H groups in total. The van der Waals surface area contributed by atoms with E-state index in [1.165, 1.54) is 5.69 Å². The van der Waals surface area contributed by atoms with Crippen LogP contribution in [-0.4, -0.2) is 32.0 Å². The molecule has 0 aromatic heterocycles. The molecule has 0 spiro atoms. The third-order valence-electron chi connectivity index (χ3n) is 1.76. The van der Waals surface area contributed by atoms with Crippen molar-refractivity contribution in [3.05, 3.63) is 55.6 Å². The number of benzene rings is 1. The molecular formula is C12H15LiN. The van der Waals surface area contributed by atoms with Gasteiger partial charge in [-0.1, -0.05) is 24.3 Å². The first-order chi connectivity index (χ1) is 6.38. The van der Waals surface area contributed by atoms with Crippen LogP contribution in [0.4, 0.5) is 5.69 Å². The van der Waals surface area contributed by atoms with Crippen molar-refractivity contribution in [2.75, 3.05) is 18.0 Å². The van der Waals surface area contributed by atoms with Crippen LogP contribution in [0.15, 0.2) is 49.6 Å². The van der Waals surface area contributed by atoms with E-state index in [4.69, 9.17) is 0 Å². The van der Waals surface area contributed by atoms with E-state index in [2.05, 4.69) is 24.1 Å². The monoisotopic (exact) mass is 180 g/mol. The predicted octanol–water partition coefficient (Wildman–Crippen LogP) is 2.02. The molecule has 14 heavy (non-hydrogen) atoms. The zero-order chi connectivity index (χ0) is 9.52. The molecule has 0 atom stereocenters. The van der Waals surface area contributed by atoms with Crippen LogP contribution in [-0.2, 0) is 0 Å². The van der Waals surface area contributed by atoms with Crippen molar-refractivity contribution in [3.63, 3.8) is 0 Å². The average molecular weight is 180 g/mol. The van der Waals surface area contributed by atoms with Crippen molar-refractivity contribution in [2.45, 2.75) is 0 Å². The molecule has 1 aromatic rings. The number of nitrogens with zero attached hydrogens (tertiary/aromatic N) is 1. The van der Waals surface area contributed by atoms with Gasteiger partial charge in [0.2, 0.25) is 0 Å². The fourth-order valence-corrected chi connectivity index (χ4v) is 1.19. The molecule has 1 nitrogen and oxygen atoms in total. The molecule has 2 heteroatoms. The van der Waals surface area contributed by atoms with Crippen molar-refractivity contribution < 1.29 is 0 Å². The van der Waals surface area contributed by atoms with Gasteiger partial charge < -0.3 is 4.90 Å². The first kappa shape index (κ1) is 13.1. The molecule has 0 unspecified atom stereocenters. The van der Waals surface area contributed by atoms with Crippen molar-refractivity contribution >= 4 is 24.5 Å². The van der Waals surface area contributed by atoms with Crippen LogP contribution in [0.5, 0.6) is 0 Å². The minimum absolute atomic E-state index is 0. The summed E-state index contributed by atoms with van der Waals surface area (Å²) in [5.41, 5.74) is 1.18. The fourth-order valence-electron chi connectivity index (χ4n) is 1.19. The molecule has 0 saturated carbocycles. The van der Waals surface area contributed by atoms with Crippen LogP contribution < -0.4 is 4.90 Å². The standard InChI is InChI=1S/C12H14N.Li.H/c1-3-10-13(11-4-2)12-8-6-5-7-9-12;;/h3-4,6-9H,1-2,10-11H2;;. The van der Waals surface area contributed by atoms with Crippen LogP contribution in [0.1, 0.15) is 0 Å². The Kier molecular flexibility index (Phi) is 7.01. The Morgan fingerprint density at radius 1 is 1.14 bits per heavy atom. The van der Waals surface area contributed by atoms with Gasteiger partial charge in [0.05, 0.1) is 0 Å². The zero-order valence-corrected chi connectivity index (χ0v) is 7.74. The summed E-state index contributed by atoms with van der Waals surface area (Å²) in [6.07, 6.45) is 3.78. The van der Waals surface area contributed by atoms with Gasteiger partial charge in [-0.2, -0.15) is 0 Å². The predicted molar refractivity (Wildman–Crippen MR) is 65.0 cm³/mol. The van der Waals surface area contributed by atoms with Crippen molar-refractivity contribution in [1.29, 1.82) is 0 Å². The van der Waals surface area contributed by atoms with Gasteiger partial charge in [-0.25, -0.2) is 0 Å². The summed E-state index contributed by atoms with van der Waals surface area (Å²) in [6.45, 7) is 9.14. The molecule has 0 bridgehead atoms. The molecule has 1 aromatic carbocycles. The van der Waals surface area contributed by atoms with E-state index >= 15 is 0 Å². The Morgan fingerprint density at radius 3 is 2.07 bits per heavy atom. The summed E-state index contributed by atoms with van der Waals surface area (Å²) >= 11 is 0. The number of hydrogen-bond donors (Lipinski definition) is 0. The minimum atomic E-state index is 0. The van der Waals surface area contributed by atoms with Crippen molar-refractivity contribution in [3.8, 4) is 0 Å². The molecular weight excluding hydrogens is 165 g/mol. The summed E-state index contributed by atoms with van der Waals surface area (Å²) in [6, 6.07) is 10.9. The molecule has 0 aliphatic rings. The Morgan fingerprint density at radius 2 is 1.64 bits per heavy atom. The first-order valence-electron chi connectivity index (χ1n) is 4.31. The van der Waals surface area contributed by atoms with E-state index in [9.17, 15) is 0 Å². The molecule has 1 rings (SSSR count). The van der Waals surface area contributed by atoms with E-state index in [-0.39, 0.29) is 18.9 Å². The Labute approximate surface area is 98.3 Å². The van der Waals surface area contributed by atoms with E-state index < -0.39 is 0 Å². The number of rotatable bonds is 5. The van der Waals surface area contributed by atoms with Crippen LogP contribution in [0, 0.1) is 6.07 Å². The summed E-state index contributed by atoms with van der Waals surface area (Å²) in [7, 11) is 0. The Hall–Kier alpha value is -0.903. The molecule has 0 aliphatic carbocycles. The molecule has 0 heterocycles. The van der Waals surface area contributed by atoms with Gasteiger partial charge in [-0.05, 0) is 18.2 Å². The first-order valence-corrected chi connectivity index (χ1v) is 4.31.